The van der Waals surface area contributed by atoms with E-state index in [1.807, 2.05) is 73.6 Å². The molecule has 0 radical (unpaired) electrons. The van der Waals surface area contributed by atoms with Crippen LogP contribution in [-0.4, -0.2) is 31.8 Å². The molecule has 174 valence electrons. The molecule has 35 heavy (non-hydrogen) atoms. The predicted molar refractivity (Wildman–Crippen MR) is 140 cm³/mol. The molecule has 4 aromatic carbocycles. The molecule has 1 aliphatic rings. The SMILES string of the molecule is CN(C)c1cccc(C(=O)Nc2ccc(N3C(=O)CC(=O)Nc4c3ccc3ccccc43)cc2)c1. The topological polar surface area (TPSA) is 81.8 Å². The summed E-state index contributed by atoms with van der Waals surface area (Å²) < 4.78 is 0. The van der Waals surface area contributed by atoms with E-state index < -0.39 is 0 Å². The molecule has 0 saturated heterocycles. The first-order chi connectivity index (χ1) is 16.9. The second kappa shape index (κ2) is 8.95. The van der Waals surface area contributed by atoms with Gasteiger partial charge in [0.2, 0.25) is 11.8 Å². The van der Waals surface area contributed by atoms with Crippen molar-refractivity contribution in [1.29, 1.82) is 0 Å². The van der Waals surface area contributed by atoms with Crippen LogP contribution in [0, 0.1) is 0 Å². The summed E-state index contributed by atoms with van der Waals surface area (Å²) in [5.74, 6) is -0.897. The average molecular weight is 465 g/mol. The average Bonchev–Trinajstić information content (AvgIpc) is 2.99. The summed E-state index contributed by atoms with van der Waals surface area (Å²) in [5, 5.41) is 7.64. The molecule has 5 rings (SSSR count). The molecule has 1 heterocycles. The van der Waals surface area contributed by atoms with Crippen molar-refractivity contribution in [2.45, 2.75) is 6.42 Å². The lowest BCUT2D eigenvalue weighted by molar-refractivity contribution is -0.124. The first kappa shape index (κ1) is 22.2. The van der Waals surface area contributed by atoms with Crippen molar-refractivity contribution in [3.8, 4) is 0 Å². The highest BCUT2D eigenvalue weighted by atomic mass is 16.2. The number of hydrogen-bond donors (Lipinski definition) is 2. The first-order valence-electron chi connectivity index (χ1n) is 11.2. The van der Waals surface area contributed by atoms with Crippen LogP contribution in [0.25, 0.3) is 10.8 Å². The van der Waals surface area contributed by atoms with Crippen LogP contribution in [-0.2, 0) is 9.59 Å². The van der Waals surface area contributed by atoms with E-state index in [-0.39, 0.29) is 24.1 Å². The summed E-state index contributed by atoms with van der Waals surface area (Å²) in [6, 6.07) is 25.9. The van der Waals surface area contributed by atoms with Crippen LogP contribution >= 0.6 is 0 Å². The Kier molecular flexibility index (Phi) is 5.66. The fourth-order valence-corrected chi connectivity index (χ4v) is 4.22. The van der Waals surface area contributed by atoms with Gasteiger partial charge < -0.3 is 15.5 Å². The number of carbonyl (C=O) groups is 3. The molecule has 0 spiro atoms. The van der Waals surface area contributed by atoms with Crippen LogP contribution < -0.4 is 20.4 Å². The zero-order valence-electron chi connectivity index (χ0n) is 19.4. The van der Waals surface area contributed by atoms with Gasteiger partial charge in [-0.2, -0.15) is 0 Å². The molecular formula is C28H24N4O3. The third-order valence-electron chi connectivity index (χ3n) is 5.98. The number of rotatable bonds is 4. The molecule has 0 aromatic heterocycles. The maximum Gasteiger partial charge on any atom is 0.255 e. The normalized spacial score (nSPS) is 13.1. The molecule has 0 unspecified atom stereocenters. The molecule has 0 saturated carbocycles. The molecule has 2 N–H and O–H groups in total. The van der Waals surface area contributed by atoms with E-state index in [9.17, 15) is 14.4 Å². The van der Waals surface area contributed by atoms with Gasteiger partial charge >= 0.3 is 0 Å². The number of carbonyl (C=O) groups excluding carboxylic acids is 3. The van der Waals surface area contributed by atoms with E-state index >= 15 is 0 Å². The van der Waals surface area contributed by atoms with Crippen LogP contribution in [0.2, 0.25) is 0 Å². The van der Waals surface area contributed by atoms with Crippen molar-refractivity contribution in [3.63, 3.8) is 0 Å². The van der Waals surface area contributed by atoms with E-state index in [4.69, 9.17) is 0 Å². The lowest BCUT2D eigenvalue weighted by Gasteiger charge is -2.23. The zero-order valence-corrected chi connectivity index (χ0v) is 19.4. The Morgan fingerprint density at radius 3 is 2.46 bits per heavy atom. The zero-order chi connectivity index (χ0) is 24.5. The predicted octanol–water partition coefficient (Wildman–Crippen LogP) is 5.17. The van der Waals surface area contributed by atoms with Gasteiger partial charge in [0.1, 0.15) is 6.42 Å². The number of benzene rings is 4. The highest BCUT2D eigenvalue weighted by molar-refractivity contribution is 6.21. The fourth-order valence-electron chi connectivity index (χ4n) is 4.22. The summed E-state index contributed by atoms with van der Waals surface area (Å²) >= 11 is 0. The van der Waals surface area contributed by atoms with Crippen molar-refractivity contribution in [2.24, 2.45) is 0 Å². The molecule has 4 aromatic rings. The largest absolute Gasteiger partial charge is 0.378 e. The molecule has 3 amide bonds. The third kappa shape index (κ3) is 4.31. The van der Waals surface area contributed by atoms with Gasteiger partial charge in [-0.1, -0.05) is 36.4 Å². The number of nitrogens with zero attached hydrogens (tertiary/aromatic N) is 2. The van der Waals surface area contributed by atoms with E-state index in [1.54, 1.807) is 35.2 Å². The molecule has 0 atom stereocenters. The highest BCUT2D eigenvalue weighted by Crippen LogP contribution is 2.40. The second-order valence-electron chi connectivity index (χ2n) is 8.58. The van der Waals surface area contributed by atoms with Gasteiger partial charge in [0.05, 0.1) is 11.4 Å². The fraction of sp³-hybridized carbons (Fsp3) is 0.107. The Bertz CT molecular complexity index is 1460. The van der Waals surface area contributed by atoms with Gasteiger partial charge in [0.25, 0.3) is 5.91 Å². The smallest absolute Gasteiger partial charge is 0.255 e. The molecule has 7 nitrogen and oxygen atoms in total. The number of fused-ring (bicyclic) bond motifs is 3. The number of amides is 3. The van der Waals surface area contributed by atoms with Crippen molar-refractivity contribution < 1.29 is 14.4 Å². The summed E-state index contributed by atoms with van der Waals surface area (Å²) in [5.41, 5.74) is 3.91. The molecule has 1 aliphatic heterocycles. The van der Waals surface area contributed by atoms with Gasteiger partial charge in [-0.25, -0.2) is 0 Å². The van der Waals surface area contributed by atoms with Gasteiger partial charge in [-0.05, 0) is 53.9 Å². The molecule has 0 aliphatic carbocycles. The standard InChI is InChI=1S/C28H24N4O3/c1-31(2)22-8-5-7-19(16-22)28(35)29-20-11-13-21(14-12-20)32-24-15-10-18-6-3-4-9-23(18)27(24)30-25(33)17-26(32)34/h3-16H,17H2,1-2H3,(H,29,35)(H,30,33). The Hall–Kier alpha value is -4.65. The Labute approximate surface area is 203 Å². The van der Waals surface area contributed by atoms with E-state index in [0.717, 1.165) is 16.5 Å². The van der Waals surface area contributed by atoms with E-state index in [2.05, 4.69) is 10.6 Å². The highest BCUT2D eigenvalue weighted by Gasteiger charge is 2.28. The van der Waals surface area contributed by atoms with Crippen molar-refractivity contribution in [3.05, 3.63) is 90.5 Å². The van der Waals surface area contributed by atoms with Crippen LogP contribution in [0.15, 0.2) is 84.9 Å². The van der Waals surface area contributed by atoms with E-state index in [0.29, 0.717) is 28.3 Å². The summed E-state index contributed by atoms with van der Waals surface area (Å²) in [6.07, 6.45) is -0.260. The summed E-state index contributed by atoms with van der Waals surface area (Å²) in [4.78, 5) is 41.7. The number of anilines is 5. The van der Waals surface area contributed by atoms with Crippen LogP contribution in [0.5, 0.6) is 0 Å². The summed E-state index contributed by atoms with van der Waals surface area (Å²) in [7, 11) is 3.84. The monoisotopic (exact) mass is 464 g/mol. The Morgan fingerprint density at radius 1 is 0.914 bits per heavy atom. The van der Waals surface area contributed by atoms with Crippen LogP contribution in [0.3, 0.4) is 0 Å². The van der Waals surface area contributed by atoms with E-state index in [1.165, 1.54) is 0 Å². The van der Waals surface area contributed by atoms with Crippen LogP contribution in [0.4, 0.5) is 28.4 Å². The maximum atomic E-state index is 13.0. The van der Waals surface area contributed by atoms with Gasteiger partial charge in [0.15, 0.2) is 0 Å². The molecule has 0 bridgehead atoms. The lowest BCUT2D eigenvalue weighted by atomic mass is 10.1. The minimum Gasteiger partial charge on any atom is -0.378 e. The van der Waals surface area contributed by atoms with Gasteiger partial charge in [-0.15, -0.1) is 0 Å². The Balaban J connectivity index is 1.45. The second-order valence-corrected chi connectivity index (χ2v) is 8.58. The van der Waals surface area contributed by atoms with Crippen LogP contribution in [0.1, 0.15) is 16.8 Å². The minimum absolute atomic E-state index is 0.223. The number of hydrogen-bond acceptors (Lipinski definition) is 4. The first-order valence-corrected chi connectivity index (χ1v) is 11.2. The number of nitrogens with one attached hydrogen (secondary N) is 2. The third-order valence-corrected chi connectivity index (χ3v) is 5.98. The van der Waals surface area contributed by atoms with Gasteiger partial charge in [0, 0.05) is 42.1 Å². The molecule has 7 heteroatoms. The summed E-state index contributed by atoms with van der Waals surface area (Å²) in [6.45, 7) is 0. The maximum absolute atomic E-state index is 13.0. The van der Waals surface area contributed by atoms with Crippen molar-refractivity contribution in [2.75, 3.05) is 34.5 Å². The minimum atomic E-state index is -0.348. The lowest BCUT2D eigenvalue weighted by Crippen LogP contribution is -2.26. The van der Waals surface area contributed by atoms with Gasteiger partial charge in [-0.3, -0.25) is 19.3 Å². The van der Waals surface area contributed by atoms with Crippen molar-refractivity contribution >= 4 is 56.9 Å². The Morgan fingerprint density at radius 2 is 1.69 bits per heavy atom. The molecule has 0 fully saturated rings. The quantitative estimate of drug-likeness (QED) is 0.409. The molecular weight excluding hydrogens is 440 g/mol. The van der Waals surface area contributed by atoms with Crippen molar-refractivity contribution in [1.82, 2.24) is 0 Å².